The standard InChI is InChI=1S/C23H21FN6O2/c24-18-6-8-19(9-7-18)32-16-22(31)29-14-12-28(13-15-29)21-11-10-20-25-26-23(30(20)27-21)17-4-2-1-3-5-17/h1-11H,12-16H2. The first kappa shape index (κ1) is 19.9. The Bertz CT molecular complexity index is 1220. The van der Waals surface area contributed by atoms with Crippen LogP contribution in [0.15, 0.2) is 66.7 Å². The maximum atomic E-state index is 13.0. The molecule has 3 heterocycles. The molecule has 9 heteroatoms. The molecule has 0 saturated carbocycles. The zero-order chi connectivity index (χ0) is 21.9. The summed E-state index contributed by atoms with van der Waals surface area (Å²) in [5.41, 5.74) is 1.63. The summed E-state index contributed by atoms with van der Waals surface area (Å²) < 4.78 is 20.2. The van der Waals surface area contributed by atoms with E-state index < -0.39 is 0 Å². The van der Waals surface area contributed by atoms with Crippen LogP contribution < -0.4 is 9.64 Å². The predicted octanol–water partition coefficient (Wildman–Crippen LogP) is 2.66. The Balaban J connectivity index is 1.23. The highest BCUT2D eigenvalue weighted by Crippen LogP contribution is 2.20. The lowest BCUT2D eigenvalue weighted by molar-refractivity contribution is -0.133. The molecule has 1 saturated heterocycles. The first-order chi connectivity index (χ1) is 15.7. The lowest BCUT2D eigenvalue weighted by atomic mass is 10.2. The number of anilines is 1. The van der Waals surface area contributed by atoms with E-state index in [-0.39, 0.29) is 18.3 Å². The molecular weight excluding hydrogens is 411 g/mol. The van der Waals surface area contributed by atoms with Gasteiger partial charge in [-0.05, 0) is 36.4 Å². The number of ether oxygens (including phenoxy) is 1. The Kier molecular flexibility index (Phi) is 5.37. The largest absolute Gasteiger partial charge is 0.484 e. The number of nitrogens with zero attached hydrogens (tertiary/aromatic N) is 6. The smallest absolute Gasteiger partial charge is 0.260 e. The van der Waals surface area contributed by atoms with E-state index in [4.69, 9.17) is 9.84 Å². The first-order valence-electron chi connectivity index (χ1n) is 10.4. The molecule has 32 heavy (non-hydrogen) atoms. The third-order valence-corrected chi connectivity index (χ3v) is 5.41. The Hall–Kier alpha value is -4.01. The molecule has 0 bridgehead atoms. The maximum absolute atomic E-state index is 13.0. The van der Waals surface area contributed by atoms with E-state index in [1.54, 1.807) is 9.42 Å². The minimum absolute atomic E-state index is 0.0724. The SMILES string of the molecule is O=C(COc1ccc(F)cc1)N1CCN(c2ccc3nnc(-c4ccccc4)n3n2)CC1. The summed E-state index contributed by atoms with van der Waals surface area (Å²) in [6.07, 6.45) is 0. The van der Waals surface area contributed by atoms with Gasteiger partial charge in [-0.3, -0.25) is 4.79 Å². The van der Waals surface area contributed by atoms with E-state index in [2.05, 4.69) is 15.1 Å². The molecule has 0 aliphatic carbocycles. The van der Waals surface area contributed by atoms with Gasteiger partial charge in [0.15, 0.2) is 18.1 Å². The van der Waals surface area contributed by atoms with Gasteiger partial charge in [0.05, 0.1) is 0 Å². The van der Waals surface area contributed by atoms with E-state index in [1.807, 2.05) is 42.5 Å². The molecule has 1 aliphatic rings. The van der Waals surface area contributed by atoms with Gasteiger partial charge in [0, 0.05) is 31.7 Å². The fourth-order valence-electron chi connectivity index (χ4n) is 3.67. The number of aromatic nitrogens is 4. The van der Waals surface area contributed by atoms with Crippen LogP contribution in [0, 0.1) is 5.82 Å². The van der Waals surface area contributed by atoms with Gasteiger partial charge in [-0.25, -0.2) is 4.39 Å². The van der Waals surface area contributed by atoms with Crippen molar-refractivity contribution in [3.63, 3.8) is 0 Å². The molecule has 1 fully saturated rings. The predicted molar refractivity (Wildman–Crippen MR) is 117 cm³/mol. The summed E-state index contributed by atoms with van der Waals surface area (Å²) in [5.74, 6) is 1.54. The Morgan fingerprint density at radius 3 is 2.41 bits per heavy atom. The van der Waals surface area contributed by atoms with Gasteiger partial charge in [0.25, 0.3) is 5.91 Å². The van der Waals surface area contributed by atoms with Gasteiger partial charge in [0.1, 0.15) is 17.4 Å². The maximum Gasteiger partial charge on any atom is 0.260 e. The molecule has 4 aromatic rings. The number of carbonyl (C=O) groups is 1. The van der Waals surface area contributed by atoms with Gasteiger partial charge < -0.3 is 14.5 Å². The molecular formula is C23H21FN6O2. The summed E-state index contributed by atoms with van der Waals surface area (Å²) >= 11 is 0. The van der Waals surface area contributed by atoms with Gasteiger partial charge in [-0.2, -0.15) is 4.52 Å². The van der Waals surface area contributed by atoms with E-state index >= 15 is 0 Å². The van der Waals surface area contributed by atoms with Crippen molar-refractivity contribution in [1.29, 1.82) is 0 Å². The van der Waals surface area contributed by atoms with Crippen LogP contribution in [0.2, 0.25) is 0 Å². The fourth-order valence-corrected chi connectivity index (χ4v) is 3.67. The number of fused-ring (bicyclic) bond motifs is 1. The van der Waals surface area contributed by atoms with Crippen molar-refractivity contribution in [2.75, 3.05) is 37.7 Å². The monoisotopic (exact) mass is 432 g/mol. The Morgan fingerprint density at radius 1 is 0.906 bits per heavy atom. The summed E-state index contributed by atoms with van der Waals surface area (Å²) in [6, 6.07) is 19.3. The average molecular weight is 432 g/mol. The molecule has 0 unspecified atom stereocenters. The van der Waals surface area contributed by atoms with E-state index in [0.29, 0.717) is 43.4 Å². The second-order valence-corrected chi connectivity index (χ2v) is 7.46. The van der Waals surface area contributed by atoms with E-state index in [9.17, 15) is 9.18 Å². The number of benzene rings is 2. The number of piperazine rings is 1. The van der Waals surface area contributed by atoms with Gasteiger partial charge >= 0.3 is 0 Å². The van der Waals surface area contributed by atoms with Crippen molar-refractivity contribution in [3.05, 3.63) is 72.5 Å². The molecule has 2 aromatic carbocycles. The summed E-state index contributed by atoms with van der Waals surface area (Å²) in [7, 11) is 0. The molecule has 162 valence electrons. The lowest BCUT2D eigenvalue weighted by Gasteiger charge is -2.35. The van der Waals surface area contributed by atoms with E-state index in [1.165, 1.54) is 24.3 Å². The van der Waals surface area contributed by atoms with Crippen LogP contribution in [-0.4, -0.2) is 63.4 Å². The number of halogens is 1. The Labute approximate surface area is 183 Å². The Morgan fingerprint density at radius 2 is 1.66 bits per heavy atom. The first-order valence-corrected chi connectivity index (χ1v) is 10.4. The third kappa shape index (κ3) is 4.09. The molecule has 1 aliphatic heterocycles. The van der Waals surface area contributed by atoms with Crippen LogP contribution in [0.5, 0.6) is 5.75 Å². The van der Waals surface area contributed by atoms with Crippen LogP contribution in [0.3, 0.4) is 0 Å². The van der Waals surface area contributed by atoms with Gasteiger partial charge in [-0.15, -0.1) is 15.3 Å². The number of hydrogen-bond donors (Lipinski definition) is 0. The second kappa shape index (κ2) is 8.62. The van der Waals surface area contributed by atoms with Crippen molar-refractivity contribution < 1.29 is 13.9 Å². The molecule has 0 spiro atoms. The van der Waals surface area contributed by atoms with Crippen molar-refractivity contribution in [2.24, 2.45) is 0 Å². The van der Waals surface area contributed by atoms with Crippen LogP contribution >= 0.6 is 0 Å². The number of hydrogen-bond acceptors (Lipinski definition) is 6. The number of carbonyl (C=O) groups excluding carboxylic acids is 1. The molecule has 5 rings (SSSR count). The van der Waals surface area contributed by atoms with E-state index in [0.717, 1.165) is 11.4 Å². The minimum Gasteiger partial charge on any atom is -0.484 e. The van der Waals surface area contributed by atoms with Crippen LogP contribution in [0.1, 0.15) is 0 Å². The third-order valence-electron chi connectivity index (χ3n) is 5.41. The molecule has 0 radical (unpaired) electrons. The van der Waals surface area contributed by atoms with Crippen molar-refractivity contribution in [3.8, 4) is 17.1 Å². The topological polar surface area (TPSA) is 75.9 Å². The highest BCUT2D eigenvalue weighted by molar-refractivity contribution is 5.78. The highest BCUT2D eigenvalue weighted by Gasteiger charge is 2.23. The lowest BCUT2D eigenvalue weighted by Crippen LogP contribution is -2.50. The summed E-state index contributed by atoms with van der Waals surface area (Å²) in [6.45, 7) is 2.38. The summed E-state index contributed by atoms with van der Waals surface area (Å²) in [4.78, 5) is 16.4. The molecule has 8 nitrogen and oxygen atoms in total. The average Bonchev–Trinajstić information content (AvgIpc) is 3.27. The molecule has 0 N–H and O–H groups in total. The van der Waals surface area contributed by atoms with Crippen LogP contribution in [-0.2, 0) is 4.79 Å². The fraction of sp³-hybridized carbons (Fsp3) is 0.217. The number of rotatable bonds is 5. The van der Waals surface area contributed by atoms with Crippen molar-refractivity contribution >= 4 is 17.4 Å². The quantitative estimate of drug-likeness (QED) is 0.483. The highest BCUT2D eigenvalue weighted by atomic mass is 19.1. The normalized spacial score (nSPS) is 14.0. The zero-order valence-electron chi connectivity index (χ0n) is 17.3. The van der Waals surface area contributed by atoms with Crippen molar-refractivity contribution in [1.82, 2.24) is 24.7 Å². The van der Waals surface area contributed by atoms with Crippen LogP contribution in [0.25, 0.3) is 17.0 Å². The zero-order valence-corrected chi connectivity index (χ0v) is 17.3. The van der Waals surface area contributed by atoms with Crippen molar-refractivity contribution in [2.45, 2.75) is 0 Å². The second-order valence-electron chi connectivity index (χ2n) is 7.46. The summed E-state index contributed by atoms with van der Waals surface area (Å²) in [5, 5.41) is 13.2. The van der Waals surface area contributed by atoms with Crippen LogP contribution in [0.4, 0.5) is 10.2 Å². The minimum atomic E-state index is -0.339. The molecule has 1 amide bonds. The van der Waals surface area contributed by atoms with Gasteiger partial charge in [0.2, 0.25) is 0 Å². The molecule has 2 aromatic heterocycles. The molecule has 0 atom stereocenters. The number of amides is 1. The van der Waals surface area contributed by atoms with Gasteiger partial charge in [-0.1, -0.05) is 30.3 Å².